The van der Waals surface area contributed by atoms with E-state index in [-0.39, 0.29) is 0 Å². The first-order valence-electron chi connectivity index (χ1n) is 17.2. The number of aromatic nitrogens is 3. The van der Waals surface area contributed by atoms with Crippen LogP contribution in [-0.4, -0.2) is 15.0 Å². The van der Waals surface area contributed by atoms with Crippen molar-refractivity contribution in [2.24, 2.45) is 0 Å². The molecule has 11 rings (SSSR count). The maximum absolute atomic E-state index is 6.84. The van der Waals surface area contributed by atoms with E-state index >= 15 is 0 Å². The van der Waals surface area contributed by atoms with Crippen LogP contribution in [-0.2, 0) is 0 Å². The molecule has 10 aromatic rings. The molecule has 4 nitrogen and oxygen atoms in total. The summed E-state index contributed by atoms with van der Waals surface area (Å²) in [4.78, 5) is 15.6. The Bertz CT molecular complexity index is 3050. The predicted octanol–water partition coefficient (Wildman–Crippen LogP) is 12.4. The van der Waals surface area contributed by atoms with Crippen molar-refractivity contribution in [1.82, 2.24) is 15.0 Å². The van der Waals surface area contributed by atoms with Crippen molar-refractivity contribution in [3.05, 3.63) is 164 Å². The lowest BCUT2D eigenvalue weighted by Gasteiger charge is -2.22. The average molecular weight is 650 g/mol. The molecule has 0 saturated carbocycles. The Balaban J connectivity index is 1.17. The molecule has 0 aliphatic carbocycles. The van der Waals surface area contributed by atoms with Crippen molar-refractivity contribution in [1.29, 1.82) is 0 Å². The monoisotopic (exact) mass is 649 g/mol. The summed E-state index contributed by atoms with van der Waals surface area (Å²) in [6, 6.07) is 57.4. The summed E-state index contributed by atoms with van der Waals surface area (Å²) < 4.78 is 6.84. The molecular weight excluding hydrogens is 623 g/mol. The van der Waals surface area contributed by atoms with Crippen LogP contribution >= 0.6 is 0 Å². The second-order valence-electron chi connectivity index (χ2n) is 13.2. The number of hydrogen-bond acceptors (Lipinski definition) is 4. The Kier molecular flexibility index (Phi) is 5.92. The summed E-state index contributed by atoms with van der Waals surface area (Å²) in [6.07, 6.45) is 0. The molecule has 1 aliphatic rings. The normalized spacial score (nSPS) is 12.1. The van der Waals surface area contributed by atoms with Gasteiger partial charge in [-0.1, -0.05) is 146 Å². The van der Waals surface area contributed by atoms with Gasteiger partial charge in [-0.05, 0) is 67.0 Å². The lowest BCUT2D eigenvalue weighted by Crippen LogP contribution is -2.03. The second kappa shape index (κ2) is 10.8. The highest BCUT2D eigenvalue weighted by Crippen LogP contribution is 2.50. The van der Waals surface area contributed by atoms with Gasteiger partial charge in [0, 0.05) is 27.3 Å². The van der Waals surface area contributed by atoms with Crippen LogP contribution in [0.15, 0.2) is 164 Å². The van der Waals surface area contributed by atoms with Crippen LogP contribution in [0.3, 0.4) is 0 Å². The topological polar surface area (TPSA) is 47.9 Å². The van der Waals surface area contributed by atoms with E-state index < -0.39 is 0 Å². The molecule has 0 N–H and O–H groups in total. The summed E-state index contributed by atoms with van der Waals surface area (Å²) in [6.45, 7) is 0. The molecule has 0 saturated heterocycles. The first-order valence-corrected chi connectivity index (χ1v) is 17.2. The lowest BCUT2D eigenvalue weighted by atomic mass is 9.92. The van der Waals surface area contributed by atoms with Crippen molar-refractivity contribution < 1.29 is 4.74 Å². The molecule has 4 heteroatoms. The minimum Gasteiger partial charge on any atom is -0.455 e. The van der Waals surface area contributed by atoms with Crippen LogP contribution in [0, 0.1) is 0 Å². The highest BCUT2D eigenvalue weighted by atomic mass is 16.5. The van der Waals surface area contributed by atoms with E-state index in [0.717, 1.165) is 65.9 Å². The Labute approximate surface area is 293 Å². The smallest absolute Gasteiger partial charge is 0.167 e. The van der Waals surface area contributed by atoms with Gasteiger partial charge in [-0.25, -0.2) is 15.0 Å². The summed E-state index contributed by atoms with van der Waals surface area (Å²) in [7, 11) is 0. The van der Waals surface area contributed by atoms with E-state index in [2.05, 4.69) is 164 Å². The SMILES string of the molecule is c1ccc(-c2cccc3cc(-c4nc(-c5ccc6ccc7ccc8cccc9c8c7c6c5O9)nc(-c5cccc6ccccc56)n4)ccc23)cc1. The van der Waals surface area contributed by atoms with Crippen LogP contribution < -0.4 is 4.74 Å². The van der Waals surface area contributed by atoms with Crippen LogP contribution in [0.25, 0.3) is 99.2 Å². The minimum atomic E-state index is 0.571. The minimum absolute atomic E-state index is 0.571. The molecule has 1 aliphatic heterocycles. The van der Waals surface area contributed by atoms with E-state index in [9.17, 15) is 0 Å². The number of ether oxygens (including phenoxy) is 1. The van der Waals surface area contributed by atoms with Crippen LogP contribution in [0.2, 0.25) is 0 Å². The fraction of sp³-hybridized carbons (Fsp3) is 0. The van der Waals surface area contributed by atoms with Gasteiger partial charge in [-0.3, -0.25) is 0 Å². The lowest BCUT2D eigenvalue weighted by molar-refractivity contribution is 0.494. The molecule has 0 bridgehead atoms. The van der Waals surface area contributed by atoms with E-state index in [4.69, 9.17) is 19.7 Å². The molecule has 0 fully saturated rings. The third-order valence-electron chi connectivity index (χ3n) is 10.3. The van der Waals surface area contributed by atoms with Crippen LogP contribution in [0.1, 0.15) is 0 Å². The maximum Gasteiger partial charge on any atom is 0.167 e. The fourth-order valence-electron chi connectivity index (χ4n) is 7.88. The van der Waals surface area contributed by atoms with Gasteiger partial charge in [0.2, 0.25) is 0 Å². The zero-order valence-corrected chi connectivity index (χ0v) is 27.3. The molecular formula is C47H27N3O. The van der Waals surface area contributed by atoms with Gasteiger partial charge < -0.3 is 4.74 Å². The first kappa shape index (κ1) is 28.0. The summed E-state index contributed by atoms with van der Waals surface area (Å²) in [5.41, 5.74) is 5.09. The highest BCUT2D eigenvalue weighted by Gasteiger charge is 2.25. The van der Waals surface area contributed by atoms with E-state index in [1.54, 1.807) is 0 Å². The highest BCUT2D eigenvalue weighted by molar-refractivity contribution is 6.26. The van der Waals surface area contributed by atoms with Crippen molar-refractivity contribution in [3.63, 3.8) is 0 Å². The zero-order chi connectivity index (χ0) is 33.5. The van der Waals surface area contributed by atoms with Gasteiger partial charge in [-0.15, -0.1) is 0 Å². The molecule has 9 aromatic carbocycles. The van der Waals surface area contributed by atoms with Gasteiger partial charge in [0.25, 0.3) is 0 Å². The molecule has 51 heavy (non-hydrogen) atoms. The largest absolute Gasteiger partial charge is 0.455 e. The number of fused-ring (bicyclic) bond motifs is 2. The molecule has 2 heterocycles. The van der Waals surface area contributed by atoms with E-state index in [0.29, 0.717) is 17.5 Å². The number of rotatable bonds is 4. The molecule has 0 unspecified atom stereocenters. The van der Waals surface area contributed by atoms with Crippen molar-refractivity contribution in [3.8, 4) is 56.8 Å². The molecule has 236 valence electrons. The third kappa shape index (κ3) is 4.30. The quantitative estimate of drug-likeness (QED) is 0.178. The van der Waals surface area contributed by atoms with Gasteiger partial charge in [0.05, 0.1) is 5.56 Å². The van der Waals surface area contributed by atoms with Crippen LogP contribution in [0.4, 0.5) is 0 Å². The first-order chi connectivity index (χ1) is 25.3. The van der Waals surface area contributed by atoms with Crippen molar-refractivity contribution in [2.75, 3.05) is 0 Å². The Morgan fingerprint density at radius 1 is 0.333 bits per heavy atom. The number of nitrogens with zero attached hydrogens (tertiary/aromatic N) is 3. The second-order valence-corrected chi connectivity index (χ2v) is 13.2. The molecule has 1 aromatic heterocycles. The Morgan fingerprint density at radius 2 is 0.941 bits per heavy atom. The van der Waals surface area contributed by atoms with Gasteiger partial charge in [0.15, 0.2) is 17.5 Å². The summed E-state index contributed by atoms with van der Waals surface area (Å²) >= 11 is 0. The summed E-state index contributed by atoms with van der Waals surface area (Å²) in [5.74, 6) is 3.42. The Morgan fingerprint density at radius 3 is 1.80 bits per heavy atom. The van der Waals surface area contributed by atoms with E-state index in [1.807, 2.05) is 0 Å². The van der Waals surface area contributed by atoms with Gasteiger partial charge in [-0.2, -0.15) is 0 Å². The summed E-state index contributed by atoms with van der Waals surface area (Å²) in [5, 5.41) is 11.4. The van der Waals surface area contributed by atoms with Crippen LogP contribution in [0.5, 0.6) is 11.5 Å². The Hall–Kier alpha value is -6.91. The standard InChI is InChI=1S/C47H27N3O/c1-2-9-28(10-3-1)35-16-7-14-33-27-34(24-25-37(33)35)45-48-46(38-17-6-12-29-11-4-5-15-36(29)38)50-47(49-45)39-26-23-32-22-21-31-20-19-30-13-8-18-40-41(30)42(31)43(32)44(39)51-40/h1-27H. The predicted molar refractivity (Wildman–Crippen MR) is 209 cm³/mol. The molecule has 0 atom stereocenters. The fourth-order valence-corrected chi connectivity index (χ4v) is 7.88. The average Bonchev–Trinajstić information content (AvgIpc) is 3.20. The van der Waals surface area contributed by atoms with Gasteiger partial charge in [0.1, 0.15) is 11.5 Å². The van der Waals surface area contributed by atoms with Crippen molar-refractivity contribution >= 4 is 53.9 Å². The van der Waals surface area contributed by atoms with E-state index in [1.165, 1.54) is 27.3 Å². The van der Waals surface area contributed by atoms with Crippen molar-refractivity contribution in [2.45, 2.75) is 0 Å². The molecule has 0 spiro atoms. The third-order valence-corrected chi connectivity index (χ3v) is 10.3. The molecule has 0 radical (unpaired) electrons. The molecule has 0 amide bonds. The number of benzene rings is 9. The zero-order valence-electron chi connectivity index (χ0n) is 27.3. The van der Waals surface area contributed by atoms with Gasteiger partial charge >= 0.3 is 0 Å². The number of hydrogen-bond donors (Lipinski definition) is 0. The maximum atomic E-state index is 6.84.